The summed E-state index contributed by atoms with van der Waals surface area (Å²) in [5, 5.41) is 0. The molecule has 0 atom stereocenters. The van der Waals surface area contributed by atoms with Crippen molar-refractivity contribution in [3.8, 4) is 0 Å². The van der Waals surface area contributed by atoms with Crippen LogP contribution in [0.5, 0.6) is 0 Å². The van der Waals surface area contributed by atoms with Gasteiger partial charge in [0.15, 0.2) is 0 Å². The molecule has 0 spiro atoms. The Bertz CT molecular complexity index is 381. The topological polar surface area (TPSA) is 0 Å². The predicted molar refractivity (Wildman–Crippen MR) is 103 cm³/mol. The van der Waals surface area contributed by atoms with Gasteiger partial charge in [-0.3, -0.25) is 0 Å². The monoisotopic (exact) mass is 290 g/mol. The lowest BCUT2D eigenvalue weighted by molar-refractivity contribution is 0.862. The molecule has 0 heterocycles. The van der Waals surface area contributed by atoms with E-state index in [1.165, 1.54) is 16.7 Å². The highest BCUT2D eigenvalue weighted by molar-refractivity contribution is 5.69. The van der Waals surface area contributed by atoms with E-state index < -0.39 is 0 Å². The lowest BCUT2D eigenvalue weighted by Gasteiger charge is -2.13. The van der Waals surface area contributed by atoms with Gasteiger partial charge >= 0.3 is 0 Å². The van der Waals surface area contributed by atoms with Crippen molar-refractivity contribution in [2.45, 2.75) is 75.2 Å². The minimum absolute atomic E-state index is 0.565. The zero-order valence-electron chi connectivity index (χ0n) is 16.2. The minimum atomic E-state index is 0.565. The number of hydrogen-bond donors (Lipinski definition) is 0. The summed E-state index contributed by atoms with van der Waals surface area (Å²) in [7, 11) is 0. The van der Waals surface area contributed by atoms with E-state index in [0.717, 1.165) is 5.57 Å². The van der Waals surface area contributed by atoms with Gasteiger partial charge in [-0.1, -0.05) is 97.9 Å². The van der Waals surface area contributed by atoms with Crippen LogP contribution in [0, 0.1) is 0 Å². The molecule has 21 heavy (non-hydrogen) atoms. The Labute approximate surface area is 135 Å². The molecule has 0 amide bonds. The molecular formula is C21H38. The Kier molecular flexibility index (Phi) is 19.7. The van der Waals surface area contributed by atoms with Crippen LogP contribution in [-0.4, -0.2) is 0 Å². The van der Waals surface area contributed by atoms with E-state index in [0.29, 0.717) is 5.92 Å². The Balaban J connectivity index is -0.000000478. The Morgan fingerprint density at radius 2 is 1.33 bits per heavy atom. The largest absolute Gasteiger partial charge is 0.0961 e. The summed E-state index contributed by atoms with van der Waals surface area (Å²) in [5.74, 6) is 0.565. The first-order valence-electron chi connectivity index (χ1n) is 8.45. The van der Waals surface area contributed by atoms with Gasteiger partial charge in [0.05, 0.1) is 0 Å². The first-order valence-corrected chi connectivity index (χ1v) is 8.45. The first-order chi connectivity index (χ1) is 10.0. The molecule has 0 radical (unpaired) electrons. The van der Waals surface area contributed by atoms with E-state index in [9.17, 15) is 0 Å². The van der Waals surface area contributed by atoms with Crippen LogP contribution in [0.4, 0.5) is 0 Å². The Morgan fingerprint density at radius 1 is 0.905 bits per heavy atom. The van der Waals surface area contributed by atoms with Crippen LogP contribution in [0.3, 0.4) is 0 Å². The van der Waals surface area contributed by atoms with E-state index in [1.54, 1.807) is 0 Å². The van der Waals surface area contributed by atoms with Crippen molar-refractivity contribution < 1.29 is 0 Å². The molecule has 0 bridgehead atoms. The van der Waals surface area contributed by atoms with E-state index in [-0.39, 0.29) is 0 Å². The van der Waals surface area contributed by atoms with Gasteiger partial charge in [-0.05, 0) is 36.5 Å². The van der Waals surface area contributed by atoms with Crippen LogP contribution in [0.15, 0.2) is 42.5 Å². The van der Waals surface area contributed by atoms with Gasteiger partial charge in [0.1, 0.15) is 0 Å². The molecule has 0 aliphatic heterocycles. The normalized spacial score (nSPS) is 9.38. The highest BCUT2D eigenvalue weighted by Crippen LogP contribution is 2.25. The standard InChI is InChI=1S/C15H20.3C2H6/c1-11(2)10-13(5)15-9-7-6-8-14(15)12(3)4;3*1-2/h6-10,12H,1H2,2-5H3;3*1-2H3/b13-10+;;;. The third kappa shape index (κ3) is 11.1. The average Bonchev–Trinajstić information content (AvgIpc) is 2.52. The van der Waals surface area contributed by atoms with Gasteiger partial charge in [-0.2, -0.15) is 0 Å². The first kappa shape index (κ1) is 24.7. The maximum absolute atomic E-state index is 3.92. The quantitative estimate of drug-likeness (QED) is 0.497. The number of hydrogen-bond acceptors (Lipinski definition) is 0. The molecule has 0 unspecified atom stereocenters. The molecule has 0 saturated carbocycles. The van der Waals surface area contributed by atoms with Crippen LogP contribution in [0.2, 0.25) is 0 Å². The van der Waals surface area contributed by atoms with Gasteiger partial charge in [0.2, 0.25) is 0 Å². The zero-order chi connectivity index (χ0) is 17.4. The van der Waals surface area contributed by atoms with Crippen LogP contribution < -0.4 is 0 Å². The SMILES string of the molecule is C=C(C)/C=C(\C)c1ccccc1C(C)C.CC.CC.CC. The summed E-state index contributed by atoms with van der Waals surface area (Å²) in [6.07, 6.45) is 2.14. The Morgan fingerprint density at radius 3 is 1.71 bits per heavy atom. The molecule has 0 aliphatic carbocycles. The molecular weight excluding hydrogens is 252 g/mol. The van der Waals surface area contributed by atoms with Gasteiger partial charge in [0, 0.05) is 0 Å². The van der Waals surface area contributed by atoms with Gasteiger partial charge in [0.25, 0.3) is 0 Å². The van der Waals surface area contributed by atoms with Crippen LogP contribution in [-0.2, 0) is 0 Å². The highest BCUT2D eigenvalue weighted by Gasteiger charge is 2.06. The summed E-state index contributed by atoms with van der Waals surface area (Å²) < 4.78 is 0. The third-order valence-corrected chi connectivity index (χ3v) is 2.47. The summed E-state index contributed by atoms with van der Waals surface area (Å²) in [4.78, 5) is 0. The molecule has 0 fully saturated rings. The lowest BCUT2D eigenvalue weighted by atomic mass is 9.92. The maximum Gasteiger partial charge on any atom is -0.0193 e. The van der Waals surface area contributed by atoms with E-state index >= 15 is 0 Å². The third-order valence-electron chi connectivity index (χ3n) is 2.47. The smallest absolute Gasteiger partial charge is 0.0193 e. The summed E-state index contributed by atoms with van der Waals surface area (Å²) >= 11 is 0. The fraction of sp³-hybridized carbons (Fsp3) is 0.524. The fourth-order valence-corrected chi connectivity index (χ4v) is 1.81. The summed E-state index contributed by atoms with van der Waals surface area (Å²) in [6, 6.07) is 8.59. The zero-order valence-corrected chi connectivity index (χ0v) is 16.2. The second kappa shape index (κ2) is 16.8. The summed E-state index contributed by atoms with van der Waals surface area (Å²) in [6.45, 7) is 24.6. The van der Waals surface area contributed by atoms with Crippen LogP contribution in [0.1, 0.15) is 86.3 Å². The van der Waals surface area contributed by atoms with Crippen molar-refractivity contribution in [3.05, 3.63) is 53.6 Å². The number of benzene rings is 1. The average molecular weight is 291 g/mol. The van der Waals surface area contributed by atoms with Crippen molar-refractivity contribution >= 4 is 5.57 Å². The molecule has 1 aromatic rings. The second-order valence-corrected chi connectivity index (χ2v) is 4.42. The molecule has 0 N–H and O–H groups in total. The molecule has 1 rings (SSSR count). The highest BCUT2D eigenvalue weighted by atomic mass is 14.1. The number of allylic oxidation sites excluding steroid dienone is 3. The minimum Gasteiger partial charge on any atom is -0.0961 e. The molecule has 122 valence electrons. The molecule has 0 aromatic heterocycles. The summed E-state index contributed by atoms with van der Waals surface area (Å²) in [5.41, 5.74) is 5.15. The molecule has 0 saturated heterocycles. The van der Waals surface area contributed by atoms with Crippen molar-refractivity contribution in [2.24, 2.45) is 0 Å². The van der Waals surface area contributed by atoms with E-state index in [2.05, 4.69) is 57.7 Å². The van der Waals surface area contributed by atoms with Crippen molar-refractivity contribution in [1.82, 2.24) is 0 Å². The van der Waals surface area contributed by atoms with Gasteiger partial charge < -0.3 is 0 Å². The molecule has 0 heteroatoms. The van der Waals surface area contributed by atoms with Crippen molar-refractivity contribution in [3.63, 3.8) is 0 Å². The molecule has 0 aliphatic rings. The van der Waals surface area contributed by atoms with Gasteiger partial charge in [-0.15, -0.1) is 0 Å². The van der Waals surface area contributed by atoms with E-state index in [4.69, 9.17) is 0 Å². The molecule has 0 nitrogen and oxygen atoms in total. The fourth-order valence-electron chi connectivity index (χ4n) is 1.81. The second-order valence-electron chi connectivity index (χ2n) is 4.42. The Hall–Kier alpha value is -1.30. The van der Waals surface area contributed by atoms with Crippen molar-refractivity contribution in [2.75, 3.05) is 0 Å². The molecule has 1 aromatic carbocycles. The van der Waals surface area contributed by atoms with Crippen LogP contribution >= 0.6 is 0 Å². The van der Waals surface area contributed by atoms with E-state index in [1.807, 2.05) is 48.5 Å². The van der Waals surface area contributed by atoms with Gasteiger partial charge in [-0.25, -0.2) is 0 Å². The maximum atomic E-state index is 3.92. The lowest BCUT2D eigenvalue weighted by Crippen LogP contribution is -1.93. The van der Waals surface area contributed by atoms with Crippen molar-refractivity contribution in [1.29, 1.82) is 0 Å². The predicted octanol–water partition coefficient (Wildman–Crippen LogP) is 7.87. The number of rotatable bonds is 3. The van der Waals surface area contributed by atoms with Crippen LogP contribution in [0.25, 0.3) is 5.57 Å².